The number of anilines is 1. The first-order valence-corrected chi connectivity index (χ1v) is 14.6. The summed E-state index contributed by atoms with van der Waals surface area (Å²) >= 11 is 0. The number of carbonyl (C=O) groups excluding carboxylic acids is 2. The van der Waals surface area contributed by atoms with Gasteiger partial charge in [-0.2, -0.15) is 0 Å². The van der Waals surface area contributed by atoms with Gasteiger partial charge in [0, 0.05) is 50.5 Å². The molecule has 6 N–H and O–H groups in total. The second-order valence-corrected chi connectivity index (χ2v) is 10.9. The number of hydrogen-bond acceptors (Lipinski definition) is 6. The number of rotatable bonds is 13. The van der Waals surface area contributed by atoms with Crippen molar-refractivity contribution < 1.29 is 9.59 Å². The fraction of sp³-hybridized carbons (Fsp3) is 0.364. The van der Waals surface area contributed by atoms with E-state index in [9.17, 15) is 9.59 Å². The first-order chi connectivity index (χ1) is 20.3. The second-order valence-electron chi connectivity index (χ2n) is 10.9. The zero-order chi connectivity index (χ0) is 29.9. The van der Waals surface area contributed by atoms with Crippen LogP contribution in [0.2, 0.25) is 0 Å². The van der Waals surface area contributed by atoms with Crippen LogP contribution in [0, 0.1) is 5.41 Å². The van der Waals surface area contributed by atoms with E-state index in [2.05, 4.69) is 63.1 Å². The van der Waals surface area contributed by atoms with E-state index >= 15 is 0 Å². The molecule has 2 unspecified atom stereocenters. The molecule has 1 heterocycles. The van der Waals surface area contributed by atoms with Gasteiger partial charge in [0.2, 0.25) is 11.8 Å². The number of likely N-dealkylation sites (N-methyl/N-ethyl adjacent to an activating group) is 1. The van der Waals surface area contributed by atoms with Gasteiger partial charge in [-0.25, -0.2) is 0 Å². The quantitative estimate of drug-likeness (QED) is 0.159. The predicted octanol–water partition coefficient (Wildman–Crippen LogP) is 2.63. The SMILES string of the molecule is CC(NC(=O)C(CCc1ccccc1)NCc1ccccc1N1CCN(C)CC1)C(=O)NCc1ccc(C(=N)N)cc1. The zero-order valence-corrected chi connectivity index (χ0v) is 24.6. The van der Waals surface area contributed by atoms with E-state index in [-0.39, 0.29) is 17.6 Å². The summed E-state index contributed by atoms with van der Waals surface area (Å²) in [6.07, 6.45) is 1.34. The first-order valence-electron chi connectivity index (χ1n) is 14.6. The third-order valence-corrected chi connectivity index (χ3v) is 7.74. The van der Waals surface area contributed by atoms with Crippen LogP contribution in [0.3, 0.4) is 0 Å². The monoisotopic (exact) mass is 569 g/mol. The molecule has 2 atom stereocenters. The molecule has 4 rings (SSSR count). The minimum Gasteiger partial charge on any atom is -0.384 e. The number of nitrogens with two attached hydrogens (primary N) is 1. The highest BCUT2D eigenvalue weighted by Crippen LogP contribution is 2.22. The lowest BCUT2D eigenvalue weighted by atomic mass is 10.0. The Kier molecular flexibility index (Phi) is 11.1. The van der Waals surface area contributed by atoms with Gasteiger partial charge in [-0.1, -0.05) is 72.8 Å². The van der Waals surface area contributed by atoms with E-state index in [1.54, 1.807) is 19.1 Å². The highest BCUT2D eigenvalue weighted by molar-refractivity contribution is 5.95. The Balaban J connectivity index is 1.37. The van der Waals surface area contributed by atoms with Crippen LogP contribution in [0.25, 0.3) is 0 Å². The average Bonchev–Trinajstić information content (AvgIpc) is 3.01. The van der Waals surface area contributed by atoms with Gasteiger partial charge in [0.05, 0.1) is 6.04 Å². The summed E-state index contributed by atoms with van der Waals surface area (Å²) < 4.78 is 0. The normalized spacial score (nSPS) is 15.0. The van der Waals surface area contributed by atoms with E-state index in [1.807, 2.05) is 36.4 Å². The summed E-state index contributed by atoms with van der Waals surface area (Å²) in [4.78, 5) is 31.1. The van der Waals surface area contributed by atoms with Gasteiger partial charge in [0.25, 0.3) is 0 Å². The Hall–Kier alpha value is -4.21. The number of amides is 2. The van der Waals surface area contributed by atoms with E-state index in [0.717, 1.165) is 49.3 Å². The van der Waals surface area contributed by atoms with E-state index in [4.69, 9.17) is 11.1 Å². The molecule has 9 heteroatoms. The van der Waals surface area contributed by atoms with Gasteiger partial charge < -0.3 is 31.5 Å². The van der Waals surface area contributed by atoms with Crippen molar-refractivity contribution in [2.75, 3.05) is 38.1 Å². The van der Waals surface area contributed by atoms with Crippen molar-refractivity contribution in [3.63, 3.8) is 0 Å². The maximum atomic E-state index is 13.5. The smallest absolute Gasteiger partial charge is 0.242 e. The van der Waals surface area contributed by atoms with Gasteiger partial charge in [-0.15, -0.1) is 0 Å². The standard InChI is InChI=1S/C33H43N7O2/c1-24(32(41)37-22-26-12-15-27(16-13-26)31(34)35)38-33(42)29(17-14-25-8-4-3-5-9-25)36-23-28-10-6-7-11-30(28)40-20-18-39(2)19-21-40/h3-13,15-16,24,29,36H,14,17-23H2,1-2H3,(H3,34,35)(H,37,41)(H,38,42). The Morgan fingerprint density at radius 3 is 2.21 bits per heavy atom. The molecule has 1 fully saturated rings. The Morgan fingerprint density at radius 2 is 1.52 bits per heavy atom. The minimum absolute atomic E-state index is 0.000153. The number of nitrogens with zero attached hydrogens (tertiary/aromatic N) is 2. The molecular weight excluding hydrogens is 526 g/mol. The summed E-state index contributed by atoms with van der Waals surface area (Å²) in [5.41, 5.74) is 10.5. The summed E-state index contributed by atoms with van der Waals surface area (Å²) in [6.45, 7) is 6.55. The van der Waals surface area contributed by atoms with Gasteiger partial charge in [-0.3, -0.25) is 15.0 Å². The molecular formula is C33H43N7O2. The molecule has 0 radical (unpaired) electrons. The number of nitrogen functional groups attached to an aromatic ring is 1. The number of hydrogen-bond donors (Lipinski definition) is 5. The number of carbonyl (C=O) groups is 2. The molecule has 2 amide bonds. The van der Waals surface area contributed by atoms with Crippen LogP contribution in [0.1, 0.15) is 35.6 Å². The molecule has 1 aliphatic rings. The summed E-state index contributed by atoms with van der Waals surface area (Å²) in [5.74, 6) is -0.460. The van der Waals surface area contributed by atoms with E-state index < -0.39 is 12.1 Å². The molecule has 3 aromatic rings. The molecule has 0 aliphatic carbocycles. The number of para-hydroxylation sites is 1. The van der Waals surface area contributed by atoms with Crippen molar-refractivity contribution in [1.29, 1.82) is 5.41 Å². The predicted molar refractivity (Wildman–Crippen MR) is 168 cm³/mol. The zero-order valence-electron chi connectivity index (χ0n) is 24.6. The van der Waals surface area contributed by atoms with Gasteiger partial charge >= 0.3 is 0 Å². The lowest BCUT2D eigenvalue weighted by Gasteiger charge is -2.35. The molecule has 3 aromatic carbocycles. The van der Waals surface area contributed by atoms with Gasteiger partial charge in [-0.05, 0) is 49.6 Å². The number of benzene rings is 3. The second kappa shape index (κ2) is 15.1. The van der Waals surface area contributed by atoms with Crippen LogP contribution in [0.4, 0.5) is 5.69 Å². The van der Waals surface area contributed by atoms with Crippen LogP contribution >= 0.6 is 0 Å². The fourth-order valence-electron chi connectivity index (χ4n) is 5.05. The molecule has 222 valence electrons. The van der Waals surface area contributed by atoms with Crippen molar-refractivity contribution in [2.24, 2.45) is 5.73 Å². The van der Waals surface area contributed by atoms with Crippen LogP contribution < -0.4 is 26.6 Å². The maximum absolute atomic E-state index is 13.5. The lowest BCUT2D eigenvalue weighted by Crippen LogP contribution is -2.51. The molecule has 1 saturated heterocycles. The highest BCUT2D eigenvalue weighted by Gasteiger charge is 2.24. The van der Waals surface area contributed by atoms with Crippen molar-refractivity contribution in [1.82, 2.24) is 20.9 Å². The number of amidine groups is 1. The lowest BCUT2D eigenvalue weighted by molar-refractivity contribution is -0.129. The Morgan fingerprint density at radius 1 is 0.857 bits per heavy atom. The molecule has 1 aliphatic heterocycles. The summed E-state index contributed by atoms with van der Waals surface area (Å²) in [6, 6.07) is 24.5. The van der Waals surface area contributed by atoms with Crippen LogP contribution in [0.5, 0.6) is 0 Å². The third-order valence-electron chi connectivity index (χ3n) is 7.74. The Bertz CT molecular complexity index is 1320. The minimum atomic E-state index is -0.701. The van der Waals surface area contributed by atoms with Crippen molar-refractivity contribution in [3.8, 4) is 0 Å². The maximum Gasteiger partial charge on any atom is 0.242 e. The number of nitrogens with one attached hydrogen (secondary N) is 4. The molecule has 0 aromatic heterocycles. The summed E-state index contributed by atoms with van der Waals surface area (Å²) in [5, 5.41) is 16.8. The summed E-state index contributed by atoms with van der Waals surface area (Å²) in [7, 11) is 2.15. The fourth-order valence-corrected chi connectivity index (χ4v) is 5.05. The molecule has 0 bridgehead atoms. The van der Waals surface area contributed by atoms with Gasteiger partial charge in [0.1, 0.15) is 11.9 Å². The number of aryl methyl sites for hydroxylation is 1. The third kappa shape index (κ3) is 8.89. The van der Waals surface area contributed by atoms with Crippen molar-refractivity contribution in [3.05, 3.63) is 101 Å². The van der Waals surface area contributed by atoms with Crippen LogP contribution in [-0.4, -0.2) is 67.9 Å². The molecule has 9 nitrogen and oxygen atoms in total. The molecule has 0 spiro atoms. The molecule has 0 saturated carbocycles. The number of piperazine rings is 1. The van der Waals surface area contributed by atoms with Crippen LogP contribution in [0.15, 0.2) is 78.9 Å². The van der Waals surface area contributed by atoms with E-state index in [0.29, 0.717) is 25.1 Å². The topological polar surface area (TPSA) is 127 Å². The molecule has 42 heavy (non-hydrogen) atoms. The Labute approximate surface area is 249 Å². The van der Waals surface area contributed by atoms with E-state index in [1.165, 1.54) is 5.69 Å². The largest absolute Gasteiger partial charge is 0.384 e. The van der Waals surface area contributed by atoms with Crippen LogP contribution in [-0.2, 0) is 29.1 Å². The van der Waals surface area contributed by atoms with Crippen molar-refractivity contribution in [2.45, 2.75) is 44.9 Å². The first kappa shape index (κ1) is 30.7. The average molecular weight is 570 g/mol. The van der Waals surface area contributed by atoms with Gasteiger partial charge in [0.15, 0.2) is 0 Å². The van der Waals surface area contributed by atoms with Crippen molar-refractivity contribution >= 4 is 23.3 Å². The highest BCUT2D eigenvalue weighted by atomic mass is 16.2.